The van der Waals surface area contributed by atoms with Gasteiger partial charge in [0.1, 0.15) is 0 Å². The van der Waals surface area contributed by atoms with Gasteiger partial charge in [0.05, 0.1) is 6.10 Å². The molecule has 0 atom stereocenters. The zero-order valence-corrected chi connectivity index (χ0v) is 12.0. The van der Waals surface area contributed by atoms with E-state index in [9.17, 15) is 14.7 Å². The number of aliphatic hydroxyl groups excluding tert-OH is 1. The number of hydrogen-bond acceptors (Lipinski definition) is 3. The third-order valence-corrected chi connectivity index (χ3v) is 4.42. The van der Waals surface area contributed by atoms with Crippen molar-refractivity contribution in [2.75, 3.05) is 26.7 Å². The minimum Gasteiger partial charge on any atom is -0.481 e. The van der Waals surface area contributed by atoms with Gasteiger partial charge in [0, 0.05) is 33.1 Å². The first kappa shape index (κ1) is 15.1. The third-order valence-electron chi connectivity index (χ3n) is 4.42. The Bertz CT molecular complexity index is 360. The second-order valence-corrected chi connectivity index (χ2v) is 6.18. The number of hydrogen-bond donors (Lipinski definition) is 2. The van der Waals surface area contributed by atoms with Crippen LogP contribution in [0.4, 0.5) is 4.79 Å². The average Bonchev–Trinajstić information content (AvgIpc) is 2.36. The van der Waals surface area contributed by atoms with E-state index in [-0.39, 0.29) is 24.5 Å². The molecule has 2 aliphatic rings. The van der Waals surface area contributed by atoms with E-state index in [0.29, 0.717) is 25.6 Å². The SMILES string of the molecule is CN(CC1CC(O)C1)C(=O)N1CCC(CC(=O)O)CC1. The van der Waals surface area contributed by atoms with E-state index < -0.39 is 5.97 Å². The van der Waals surface area contributed by atoms with Crippen molar-refractivity contribution in [3.8, 4) is 0 Å². The van der Waals surface area contributed by atoms with Crippen molar-refractivity contribution in [2.24, 2.45) is 11.8 Å². The molecule has 1 saturated heterocycles. The summed E-state index contributed by atoms with van der Waals surface area (Å²) in [7, 11) is 1.80. The Labute approximate surface area is 119 Å². The number of carboxylic acid groups (broad SMARTS) is 1. The van der Waals surface area contributed by atoms with Crippen LogP contribution in [0.2, 0.25) is 0 Å². The second-order valence-electron chi connectivity index (χ2n) is 6.18. The predicted molar refractivity (Wildman–Crippen MR) is 73.3 cm³/mol. The fourth-order valence-electron chi connectivity index (χ4n) is 3.13. The first-order chi connectivity index (χ1) is 9.45. The molecule has 0 unspecified atom stereocenters. The summed E-state index contributed by atoms with van der Waals surface area (Å²) < 4.78 is 0. The number of aliphatic hydroxyl groups is 1. The summed E-state index contributed by atoms with van der Waals surface area (Å²) in [4.78, 5) is 26.5. The number of carboxylic acids is 1. The first-order valence-corrected chi connectivity index (χ1v) is 7.35. The smallest absolute Gasteiger partial charge is 0.319 e. The predicted octanol–water partition coefficient (Wildman–Crippen LogP) is 0.996. The summed E-state index contributed by atoms with van der Waals surface area (Å²) in [6.07, 6.45) is 3.14. The van der Waals surface area contributed by atoms with Gasteiger partial charge in [0.25, 0.3) is 0 Å². The van der Waals surface area contributed by atoms with Crippen molar-refractivity contribution < 1.29 is 19.8 Å². The molecule has 0 radical (unpaired) electrons. The molecule has 1 aliphatic heterocycles. The van der Waals surface area contributed by atoms with Gasteiger partial charge in [-0.25, -0.2) is 4.79 Å². The van der Waals surface area contributed by atoms with Gasteiger partial charge in [-0.1, -0.05) is 0 Å². The maximum absolute atomic E-state index is 12.3. The van der Waals surface area contributed by atoms with Crippen LogP contribution >= 0.6 is 0 Å². The fraction of sp³-hybridized carbons (Fsp3) is 0.857. The lowest BCUT2D eigenvalue weighted by molar-refractivity contribution is -0.138. The van der Waals surface area contributed by atoms with Gasteiger partial charge in [-0.15, -0.1) is 0 Å². The van der Waals surface area contributed by atoms with Crippen LogP contribution in [0, 0.1) is 11.8 Å². The average molecular weight is 284 g/mol. The van der Waals surface area contributed by atoms with Crippen molar-refractivity contribution in [3.05, 3.63) is 0 Å². The summed E-state index contributed by atoms with van der Waals surface area (Å²) in [5.41, 5.74) is 0. The molecule has 114 valence electrons. The number of rotatable bonds is 4. The molecule has 0 spiro atoms. The zero-order valence-electron chi connectivity index (χ0n) is 12.0. The quantitative estimate of drug-likeness (QED) is 0.807. The highest BCUT2D eigenvalue weighted by Gasteiger charge is 2.31. The molecule has 6 heteroatoms. The molecule has 1 saturated carbocycles. The highest BCUT2D eigenvalue weighted by Crippen LogP contribution is 2.28. The Kier molecular flexibility index (Phi) is 4.86. The lowest BCUT2D eigenvalue weighted by atomic mass is 9.82. The summed E-state index contributed by atoms with van der Waals surface area (Å²) in [5.74, 6) is -0.137. The van der Waals surface area contributed by atoms with E-state index in [1.807, 2.05) is 4.90 Å². The van der Waals surface area contributed by atoms with Crippen LogP contribution in [0.25, 0.3) is 0 Å². The Morgan fingerprint density at radius 2 is 1.80 bits per heavy atom. The molecule has 0 bridgehead atoms. The lowest BCUT2D eigenvalue weighted by Gasteiger charge is -2.38. The number of urea groups is 1. The number of carbonyl (C=O) groups excluding carboxylic acids is 1. The Balaban J connectivity index is 1.72. The van der Waals surface area contributed by atoms with Crippen LogP contribution in [0.15, 0.2) is 0 Å². The minimum atomic E-state index is -0.754. The van der Waals surface area contributed by atoms with Crippen LogP contribution < -0.4 is 0 Å². The van der Waals surface area contributed by atoms with Gasteiger partial charge in [-0.3, -0.25) is 4.79 Å². The number of piperidine rings is 1. The number of aliphatic carboxylic acids is 1. The van der Waals surface area contributed by atoms with Crippen LogP contribution in [0.5, 0.6) is 0 Å². The van der Waals surface area contributed by atoms with Gasteiger partial charge in [0.2, 0.25) is 0 Å². The minimum absolute atomic E-state index is 0.0279. The van der Waals surface area contributed by atoms with Crippen molar-refractivity contribution in [2.45, 2.75) is 38.2 Å². The van der Waals surface area contributed by atoms with Crippen molar-refractivity contribution in [1.82, 2.24) is 9.80 Å². The largest absolute Gasteiger partial charge is 0.481 e. The summed E-state index contributed by atoms with van der Waals surface area (Å²) in [6, 6.07) is 0.0279. The normalized spacial score (nSPS) is 27.0. The van der Waals surface area contributed by atoms with Gasteiger partial charge in [-0.2, -0.15) is 0 Å². The van der Waals surface area contributed by atoms with E-state index in [2.05, 4.69) is 0 Å². The molecule has 1 aliphatic carbocycles. The molecule has 0 aromatic rings. The first-order valence-electron chi connectivity index (χ1n) is 7.35. The molecule has 1 heterocycles. The highest BCUT2D eigenvalue weighted by molar-refractivity contribution is 5.74. The molecule has 0 aromatic heterocycles. The molecular formula is C14H24N2O4. The summed E-state index contributed by atoms with van der Waals surface area (Å²) in [6.45, 7) is 1.99. The van der Waals surface area contributed by atoms with Crippen LogP contribution in [-0.4, -0.2) is 64.8 Å². The number of carbonyl (C=O) groups is 2. The van der Waals surface area contributed by atoms with Crippen LogP contribution in [-0.2, 0) is 4.79 Å². The Morgan fingerprint density at radius 1 is 1.20 bits per heavy atom. The molecule has 2 amide bonds. The van der Waals surface area contributed by atoms with E-state index in [1.54, 1.807) is 11.9 Å². The zero-order chi connectivity index (χ0) is 14.7. The van der Waals surface area contributed by atoms with Crippen LogP contribution in [0.3, 0.4) is 0 Å². The molecule has 2 N–H and O–H groups in total. The molecular weight excluding hydrogens is 260 g/mol. The van der Waals surface area contributed by atoms with E-state index in [4.69, 9.17) is 5.11 Å². The van der Waals surface area contributed by atoms with Crippen molar-refractivity contribution in [3.63, 3.8) is 0 Å². The summed E-state index contributed by atoms with van der Waals surface area (Å²) in [5, 5.41) is 18.0. The van der Waals surface area contributed by atoms with E-state index in [0.717, 1.165) is 25.7 Å². The molecule has 0 aromatic carbocycles. The van der Waals surface area contributed by atoms with Crippen molar-refractivity contribution >= 4 is 12.0 Å². The molecule has 6 nitrogen and oxygen atoms in total. The molecule has 2 rings (SSSR count). The number of nitrogens with zero attached hydrogens (tertiary/aromatic N) is 2. The van der Waals surface area contributed by atoms with Crippen molar-refractivity contribution in [1.29, 1.82) is 0 Å². The van der Waals surface area contributed by atoms with E-state index >= 15 is 0 Å². The monoisotopic (exact) mass is 284 g/mol. The summed E-state index contributed by atoms with van der Waals surface area (Å²) >= 11 is 0. The van der Waals surface area contributed by atoms with Gasteiger partial charge in [0.15, 0.2) is 0 Å². The number of likely N-dealkylation sites (tertiary alicyclic amines) is 1. The maximum Gasteiger partial charge on any atom is 0.319 e. The van der Waals surface area contributed by atoms with Gasteiger partial charge >= 0.3 is 12.0 Å². The van der Waals surface area contributed by atoms with E-state index in [1.165, 1.54) is 0 Å². The maximum atomic E-state index is 12.3. The molecule has 2 fully saturated rings. The van der Waals surface area contributed by atoms with Gasteiger partial charge < -0.3 is 20.0 Å². The lowest BCUT2D eigenvalue weighted by Crippen LogP contribution is -2.48. The standard InChI is InChI=1S/C14H24N2O4/c1-15(9-11-6-12(17)7-11)14(20)16-4-2-10(3-5-16)8-13(18)19/h10-12,17H,2-9H2,1H3,(H,18,19). The van der Waals surface area contributed by atoms with Crippen LogP contribution in [0.1, 0.15) is 32.1 Å². The third kappa shape index (κ3) is 3.85. The topological polar surface area (TPSA) is 81.1 Å². The highest BCUT2D eigenvalue weighted by atomic mass is 16.4. The molecule has 20 heavy (non-hydrogen) atoms. The fourth-order valence-corrected chi connectivity index (χ4v) is 3.13. The Hall–Kier alpha value is -1.30. The number of amides is 2. The van der Waals surface area contributed by atoms with Gasteiger partial charge in [-0.05, 0) is 37.5 Å². The Morgan fingerprint density at radius 3 is 2.30 bits per heavy atom. The second kappa shape index (κ2) is 6.43.